The van der Waals surface area contributed by atoms with Crippen molar-refractivity contribution in [3.63, 3.8) is 0 Å². The molecule has 2 aliphatic heterocycles. The van der Waals surface area contributed by atoms with E-state index in [0.717, 1.165) is 16.0 Å². The van der Waals surface area contributed by atoms with Crippen LogP contribution in [0, 0.1) is 11.8 Å². The SMILES string of the molecule is CC(C)(C)N1C(=O)C2C(c3ccc(/C=C/c4ccccc4)cc3)NC(CO)(C(=O)O)C2C1=O. The number of imide groups is 1. The number of carbonyl (C=O) groups is 3. The quantitative estimate of drug-likeness (QED) is 0.480. The number of nitrogens with zero attached hydrogens (tertiary/aromatic N) is 1. The van der Waals surface area contributed by atoms with Gasteiger partial charge in [-0.05, 0) is 37.5 Å². The van der Waals surface area contributed by atoms with Crippen molar-refractivity contribution >= 4 is 29.9 Å². The number of likely N-dealkylation sites (tertiary alicyclic amines) is 1. The van der Waals surface area contributed by atoms with Crippen LogP contribution >= 0.6 is 0 Å². The smallest absolute Gasteiger partial charge is 0.327 e. The van der Waals surface area contributed by atoms with Crippen LogP contribution in [-0.2, 0) is 14.4 Å². The number of hydrogen-bond donors (Lipinski definition) is 3. The van der Waals surface area contributed by atoms with Crippen LogP contribution in [0.2, 0.25) is 0 Å². The van der Waals surface area contributed by atoms with Gasteiger partial charge in [0, 0.05) is 11.6 Å². The van der Waals surface area contributed by atoms with Crippen molar-refractivity contribution in [1.29, 1.82) is 0 Å². The molecule has 3 N–H and O–H groups in total. The lowest BCUT2D eigenvalue weighted by Gasteiger charge is -2.34. The molecule has 0 saturated carbocycles. The molecule has 4 rings (SSSR count). The summed E-state index contributed by atoms with van der Waals surface area (Å²) in [5.74, 6) is -4.42. The standard InChI is InChI=1S/C26H28N2O5/c1-25(2,3)28-22(30)19-20(23(28)31)26(15-29,24(32)33)27-21(19)18-13-11-17(12-14-18)10-9-16-7-5-4-6-8-16/h4-14,19-21,27,29H,15H2,1-3H3,(H,32,33)/b10-9+. The van der Waals surface area contributed by atoms with Gasteiger partial charge in [-0.3, -0.25) is 24.6 Å². The van der Waals surface area contributed by atoms with Crippen LogP contribution < -0.4 is 5.32 Å². The lowest BCUT2D eigenvalue weighted by molar-refractivity contribution is -0.155. The molecule has 0 aliphatic carbocycles. The molecule has 0 spiro atoms. The summed E-state index contributed by atoms with van der Waals surface area (Å²) in [6.07, 6.45) is 3.95. The summed E-state index contributed by atoms with van der Waals surface area (Å²) in [6, 6.07) is 16.6. The molecule has 7 nitrogen and oxygen atoms in total. The third-order valence-corrected chi connectivity index (χ3v) is 6.52. The highest BCUT2D eigenvalue weighted by Crippen LogP contribution is 2.50. The lowest BCUT2D eigenvalue weighted by Crippen LogP contribution is -2.59. The van der Waals surface area contributed by atoms with E-state index in [2.05, 4.69) is 5.32 Å². The van der Waals surface area contributed by atoms with Crippen molar-refractivity contribution in [2.75, 3.05) is 6.61 Å². The Labute approximate surface area is 192 Å². The van der Waals surface area contributed by atoms with Crippen LogP contribution in [0.4, 0.5) is 0 Å². The number of carbonyl (C=O) groups excluding carboxylic acids is 2. The molecular weight excluding hydrogens is 420 g/mol. The summed E-state index contributed by atoms with van der Waals surface area (Å²) < 4.78 is 0. The van der Waals surface area contributed by atoms with Gasteiger partial charge in [-0.25, -0.2) is 0 Å². The number of carboxylic acid groups (broad SMARTS) is 1. The van der Waals surface area contributed by atoms with Gasteiger partial charge in [0.1, 0.15) is 0 Å². The average Bonchev–Trinajstić information content (AvgIpc) is 3.27. The number of aliphatic carboxylic acids is 1. The van der Waals surface area contributed by atoms with E-state index >= 15 is 0 Å². The van der Waals surface area contributed by atoms with E-state index in [-0.39, 0.29) is 0 Å². The largest absolute Gasteiger partial charge is 0.480 e. The van der Waals surface area contributed by atoms with Crippen molar-refractivity contribution in [1.82, 2.24) is 10.2 Å². The first kappa shape index (κ1) is 22.9. The van der Waals surface area contributed by atoms with Crippen LogP contribution in [0.1, 0.15) is 43.5 Å². The number of hydrogen-bond acceptors (Lipinski definition) is 5. The molecule has 2 aliphatic rings. The fourth-order valence-corrected chi connectivity index (χ4v) is 4.93. The van der Waals surface area contributed by atoms with Crippen LogP contribution in [0.25, 0.3) is 12.2 Å². The molecule has 2 amide bonds. The Balaban J connectivity index is 1.69. The summed E-state index contributed by atoms with van der Waals surface area (Å²) in [4.78, 5) is 40.0. The number of rotatable bonds is 5. The van der Waals surface area contributed by atoms with E-state index in [9.17, 15) is 24.6 Å². The second-order valence-electron chi connectivity index (χ2n) is 9.65. The van der Waals surface area contributed by atoms with Crippen LogP contribution in [0.5, 0.6) is 0 Å². The van der Waals surface area contributed by atoms with Crippen LogP contribution in [0.15, 0.2) is 54.6 Å². The molecular formula is C26H28N2O5. The zero-order valence-corrected chi connectivity index (χ0v) is 18.9. The molecule has 172 valence electrons. The number of nitrogens with one attached hydrogen (secondary N) is 1. The van der Waals surface area contributed by atoms with Crippen LogP contribution in [-0.4, -0.2) is 50.6 Å². The first-order valence-electron chi connectivity index (χ1n) is 10.9. The minimum atomic E-state index is -1.92. The Hall–Kier alpha value is -3.29. The van der Waals surface area contributed by atoms with Gasteiger partial charge in [-0.1, -0.05) is 66.7 Å². The molecule has 2 aromatic carbocycles. The van der Waals surface area contributed by atoms with Gasteiger partial charge in [-0.2, -0.15) is 0 Å². The normalized spacial score (nSPS) is 27.4. The molecule has 2 heterocycles. The van der Waals surface area contributed by atoms with Gasteiger partial charge in [0.05, 0.1) is 18.4 Å². The molecule has 2 saturated heterocycles. The maximum Gasteiger partial charge on any atom is 0.327 e. The number of aliphatic hydroxyl groups excluding tert-OH is 1. The Bertz CT molecular complexity index is 1100. The summed E-state index contributed by atoms with van der Waals surface area (Å²) >= 11 is 0. The maximum atomic E-state index is 13.4. The molecule has 2 fully saturated rings. The Morgan fingerprint density at radius 2 is 1.58 bits per heavy atom. The van der Waals surface area contributed by atoms with E-state index in [1.807, 2.05) is 66.7 Å². The molecule has 7 heteroatoms. The highest BCUT2D eigenvalue weighted by Gasteiger charge is 2.69. The number of benzene rings is 2. The van der Waals surface area contributed by atoms with Crippen molar-refractivity contribution in [2.45, 2.75) is 37.9 Å². The predicted octanol–water partition coefficient (Wildman–Crippen LogP) is 2.72. The van der Waals surface area contributed by atoms with Gasteiger partial charge in [0.25, 0.3) is 0 Å². The highest BCUT2D eigenvalue weighted by molar-refractivity contribution is 6.10. The molecule has 0 radical (unpaired) electrons. The van der Waals surface area contributed by atoms with Gasteiger partial charge >= 0.3 is 5.97 Å². The third-order valence-electron chi connectivity index (χ3n) is 6.52. The summed E-state index contributed by atoms with van der Waals surface area (Å²) in [7, 11) is 0. The Morgan fingerprint density at radius 1 is 1.00 bits per heavy atom. The molecule has 4 atom stereocenters. The number of aliphatic hydroxyl groups is 1. The van der Waals surface area contributed by atoms with Crippen molar-refractivity contribution < 1.29 is 24.6 Å². The third kappa shape index (κ3) is 3.77. The van der Waals surface area contributed by atoms with Crippen molar-refractivity contribution in [3.05, 3.63) is 71.3 Å². The van der Waals surface area contributed by atoms with Gasteiger partial charge in [-0.15, -0.1) is 0 Å². The van der Waals surface area contributed by atoms with Gasteiger partial charge in [0.2, 0.25) is 11.8 Å². The lowest BCUT2D eigenvalue weighted by atomic mass is 9.79. The summed E-state index contributed by atoms with van der Waals surface area (Å²) in [5, 5.41) is 23.0. The predicted molar refractivity (Wildman–Crippen MR) is 124 cm³/mol. The Morgan fingerprint density at radius 3 is 2.09 bits per heavy atom. The molecule has 0 aromatic heterocycles. The fourth-order valence-electron chi connectivity index (χ4n) is 4.93. The van der Waals surface area contributed by atoms with E-state index in [4.69, 9.17) is 0 Å². The molecule has 0 bridgehead atoms. The number of amides is 2. The average molecular weight is 449 g/mol. The molecule has 2 aromatic rings. The minimum Gasteiger partial charge on any atom is -0.480 e. The monoisotopic (exact) mass is 448 g/mol. The first-order chi connectivity index (χ1) is 15.6. The Kier molecular flexibility index (Phi) is 5.72. The summed E-state index contributed by atoms with van der Waals surface area (Å²) in [5.41, 5.74) is -0.0271. The van der Waals surface area contributed by atoms with E-state index in [1.165, 1.54) is 0 Å². The van der Waals surface area contributed by atoms with Crippen LogP contribution in [0.3, 0.4) is 0 Å². The number of fused-ring (bicyclic) bond motifs is 1. The van der Waals surface area contributed by atoms with E-state index in [0.29, 0.717) is 5.56 Å². The molecule has 33 heavy (non-hydrogen) atoms. The van der Waals surface area contributed by atoms with E-state index in [1.54, 1.807) is 20.8 Å². The summed E-state index contributed by atoms with van der Waals surface area (Å²) in [6.45, 7) is 4.42. The van der Waals surface area contributed by atoms with Gasteiger partial charge < -0.3 is 10.2 Å². The fraction of sp³-hybridized carbons (Fsp3) is 0.346. The zero-order chi connectivity index (χ0) is 24.0. The van der Waals surface area contributed by atoms with E-state index < -0.39 is 53.3 Å². The van der Waals surface area contributed by atoms with Crippen molar-refractivity contribution in [3.8, 4) is 0 Å². The second kappa shape index (κ2) is 8.24. The second-order valence-corrected chi connectivity index (χ2v) is 9.65. The topological polar surface area (TPSA) is 107 Å². The zero-order valence-electron chi connectivity index (χ0n) is 18.9. The molecule has 4 unspecified atom stereocenters. The van der Waals surface area contributed by atoms with Gasteiger partial charge in [0.15, 0.2) is 5.54 Å². The van der Waals surface area contributed by atoms with Crippen molar-refractivity contribution in [2.24, 2.45) is 11.8 Å². The minimum absolute atomic E-state index is 0.417. The highest BCUT2D eigenvalue weighted by atomic mass is 16.4. The maximum absolute atomic E-state index is 13.4. The first-order valence-corrected chi connectivity index (χ1v) is 10.9. The number of carboxylic acids is 1.